The molecule has 0 saturated heterocycles. The van der Waals surface area contributed by atoms with Gasteiger partial charge in [-0.1, -0.05) is 97.0 Å². The van der Waals surface area contributed by atoms with Crippen molar-refractivity contribution in [2.24, 2.45) is 0 Å². The number of halogens is 4. The van der Waals surface area contributed by atoms with Crippen molar-refractivity contribution in [3.8, 4) is 22.3 Å². The molecule has 6 aromatic rings. The SMILES string of the molecule is C[N+](C)(C)CCc1cc2c(-c3ccccc3)cccc2[cH-]1.C[N+](C)(C)CCc1cc2c(-c3ccccc3)cccc2[cH-]1.C[Si]C.[Cl][Zr]([Cl])([Br])[Br]. The van der Waals surface area contributed by atoms with Gasteiger partial charge in [-0.15, -0.1) is 69.1 Å². The topological polar surface area (TPSA) is 0 Å². The van der Waals surface area contributed by atoms with E-state index in [-0.39, 0.29) is 0 Å². The third kappa shape index (κ3) is 15.7. The van der Waals surface area contributed by atoms with Gasteiger partial charge < -0.3 is 8.97 Å². The number of likely N-dealkylation sites (N-methyl/N-ethyl adjacent to an activating group) is 2. The zero-order valence-corrected chi connectivity index (χ0v) is 38.9. The van der Waals surface area contributed by atoms with E-state index in [2.05, 4.69) is 201 Å². The van der Waals surface area contributed by atoms with E-state index in [1.54, 1.807) is 0 Å². The van der Waals surface area contributed by atoms with E-state index in [1.807, 2.05) is 0 Å². The number of rotatable bonds is 8. The van der Waals surface area contributed by atoms with E-state index in [0.717, 1.165) is 44.4 Å². The molecule has 0 saturated carbocycles. The van der Waals surface area contributed by atoms with Gasteiger partial charge >= 0.3 is 54.6 Å². The van der Waals surface area contributed by atoms with Crippen LogP contribution in [0.3, 0.4) is 0 Å². The Morgan fingerprint density at radius 2 is 0.880 bits per heavy atom. The number of quaternary nitrogens is 2. The van der Waals surface area contributed by atoms with Crippen molar-refractivity contribution in [3.05, 3.63) is 132 Å². The number of hydrogen-bond donors (Lipinski definition) is 0. The predicted octanol–water partition coefficient (Wildman–Crippen LogP) is 12.8. The van der Waals surface area contributed by atoms with Gasteiger partial charge in [0.15, 0.2) is 0 Å². The quantitative estimate of drug-likeness (QED) is 0.0810. The molecule has 8 heteroatoms. The summed E-state index contributed by atoms with van der Waals surface area (Å²) in [6.45, 7) is 6.63. The van der Waals surface area contributed by atoms with E-state index < -0.39 is 13.2 Å². The zero-order chi connectivity index (χ0) is 37.0. The van der Waals surface area contributed by atoms with Crippen LogP contribution >= 0.6 is 41.5 Å². The van der Waals surface area contributed by atoms with Crippen LogP contribution in [-0.2, 0) is 26.0 Å². The Morgan fingerprint density at radius 1 is 0.560 bits per heavy atom. The molecule has 0 aliphatic carbocycles. The fourth-order valence-corrected chi connectivity index (χ4v) is 5.55. The van der Waals surface area contributed by atoms with Crippen LogP contribution in [0, 0.1) is 0 Å². The minimum atomic E-state index is -2.61. The van der Waals surface area contributed by atoms with Gasteiger partial charge in [-0.05, 0) is 11.1 Å². The minimum absolute atomic E-state index is 1.01. The summed E-state index contributed by atoms with van der Waals surface area (Å²) in [4.78, 5) is 0. The van der Waals surface area contributed by atoms with Crippen LogP contribution in [0.15, 0.2) is 121 Å². The molecule has 0 N–H and O–H groups in total. The van der Waals surface area contributed by atoms with Gasteiger partial charge in [-0.25, -0.2) is 0 Å². The van der Waals surface area contributed by atoms with Crippen molar-refractivity contribution >= 4 is 72.5 Å². The van der Waals surface area contributed by atoms with Crippen molar-refractivity contribution in [2.75, 3.05) is 55.4 Å². The summed E-state index contributed by atoms with van der Waals surface area (Å²) in [5.74, 6) is 0. The van der Waals surface area contributed by atoms with Gasteiger partial charge in [-0.2, -0.15) is 12.1 Å². The van der Waals surface area contributed by atoms with Gasteiger partial charge in [0.1, 0.15) is 0 Å². The Hall–Kier alpha value is -1.34. The van der Waals surface area contributed by atoms with Crippen molar-refractivity contribution < 1.29 is 22.1 Å². The summed E-state index contributed by atoms with van der Waals surface area (Å²) < 4.78 is 2.01. The second kappa shape index (κ2) is 20.2. The Labute approximate surface area is 327 Å². The molecule has 0 fully saturated rings. The molecule has 50 heavy (non-hydrogen) atoms. The molecule has 266 valence electrons. The molecule has 0 amide bonds. The molecule has 0 aliphatic heterocycles. The monoisotopic (exact) mass is 930 g/mol. The fraction of sp³-hybridized carbons (Fsp3) is 0.286. The van der Waals surface area contributed by atoms with Crippen molar-refractivity contribution in [1.82, 2.24) is 0 Å². The van der Waals surface area contributed by atoms with Crippen molar-refractivity contribution in [3.63, 3.8) is 0 Å². The summed E-state index contributed by atoms with van der Waals surface area (Å²) in [7, 11) is 25.2. The Balaban J connectivity index is 0.000000223. The van der Waals surface area contributed by atoms with Gasteiger partial charge in [0.05, 0.1) is 55.4 Å². The molecule has 6 rings (SSSR count). The molecule has 2 radical (unpaired) electrons. The second-order valence-corrected chi connectivity index (χ2v) is 56.7. The van der Waals surface area contributed by atoms with Crippen molar-refractivity contribution in [1.29, 1.82) is 0 Å². The molecule has 0 aliphatic rings. The fourth-order valence-electron chi connectivity index (χ4n) is 5.55. The first kappa shape index (κ1) is 43.1. The van der Waals surface area contributed by atoms with Gasteiger partial charge in [0.2, 0.25) is 0 Å². The van der Waals surface area contributed by atoms with E-state index >= 15 is 0 Å². The Bertz CT molecular complexity index is 1730. The maximum atomic E-state index is 5.34. The number of benzene rings is 4. The number of fused-ring (bicyclic) bond motifs is 2. The van der Waals surface area contributed by atoms with Gasteiger partial charge in [0, 0.05) is 22.4 Å². The molecular weight excluding hydrogens is 883 g/mol. The average molecular weight is 935 g/mol. The molecule has 0 heterocycles. The Kier molecular flexibility index (Phi) is 17.4. The summed E-state index contributed by atoms with van der Waals surface area (Å²) in [6, 6.07) is 44.0. The van der Waals surface area contributed by atoms with E-state index in [1.165, 1.54) is 54.9 Å². The zero-order valence-electron chi connectivity index (χ0n) is 30.8. The first-order valence-corrected chi connectivity index (χ1v) is 36.5. The third-order valence-electron chi connectivity index (χ3n) is 7.93. The second-order valence-electron chi connectivity index (χ2n) is 14.5. The summed E-state index contributed by atoms with van der Waals surface area (Å²) >= 11 is 3.45. The maximum absolute atomic E-state index is 5.34. The molecule has 0 bridgehead atoms. The van der Waals surface area contributed by atoms with Crippen LogP contribution in [-0.4, -0.2) is 73.9 Å². The number of nitrogens with zero attached hydrogens (tertiary/aromatic N) is 2. The summed E-state index contributed by atoms with van der Waals surface area (Å²) in [5, 5.41) is 5.46. The molecule has 0 atom stereocenters. The van der Waals surface area contributed by atoms with Crippen molar-refractivity contribution in [2.45, 2.75) is 25.9 Å². The van der Waals surface area contributed by atoms with Crippen LogP contribution in [0.25, 0.3) is 43.8 Å². The van der Waals surface area contributed by atoms with E-state index in [4.69, 9.17) is 17.0 Å². The predicted molar refractivity (Wildman–Crippen MR) is 230 cm³/mol. The molecule has 0 spiro atoms. The third-order valence-corrected chi connectivity index (χ3v) is 7.93. The standard InChI is InChI=1S/2C20H23N.C2H6Si.2BrH.2ClH.Zr/c2*1-21(2,3)13-12-16-14-18-10-7-11-19(20(18)15-16)17-8-5-4-6-9-17;1-3-2;;;;;/h2*4-11,14-15H,12-13H2,1-3H3;1-2H3;4*1H;/q;;;;;;;+4/p-4. The van der Waals surface area contributed by atoms with Crippen LogP contribution in [0.4, 0.5) is 0 Å². The molecule has 0 unspecified atom stereocenters. The molecule has 0 aromatic heterocycles. The normalized spacial score (nSPS) is 11.6. The summed E-state index contributed by atoms with van der Waals surface area (Å²) in [6.07, 6.45) is 2.26. The number of hydrogen-bond acceptors (Lipinski definition) is 0. The van der Waals surface area contributed by atoms with Crippen LogP contribution in [0.1, 0.15) is 11.1 Å². The van der Waals surface area contributed by atoms with Crippen LogP contribution in [0.5, 0.6) is 0 Å². The van der Waals surface area contributed by atoms with E-state index in [9.17, 15) is 0 Å². The Morgan fingerprint density at radius 3 is 1.18 bits per heavy atom. The molecule has 2 nitrogen and oxygen atoms in total. The average Bonchev–Trinajstić information content (AvgIpc) is 3.67. The van der Waals surface area contributed by atoms with Crippen LogP contribution < -0.4 is 0 Å². The van der Waals surface area contributed by atoms with Crippen LogP contribution in [0.2, 0.25) is 13.1 Å². The van der Waals surface area contributed by atoms with E-state index in [0.29, 0.717) is 0 Å². The first-order valence-electron chi connectivity index (χ1n) is 16.9. The van der Waals surface area contributed by atoms with Gasteiger partial charge in [-0.3, -0.25) is 0 Å². The first-order chi connectivity index (χ1) is 23.5. The van der Waals surface area contributed by atoms with Gasteiger partial charge in [0.25, 0.3) is 0 Å². The molecular formula is C42H52Br2Cl2N2SiZr. The summed E-state index contributed by atoms with van der Waals surface area (Å²) in [5.41, 5.74) is 8.16. The molecule has 6 aromatic carbocycles.